The van der Waals surface area contributed by atoms with Crippen molar-refractivity contribution < 1.29 is 38.6 Å². The fourth-order valence-electron chi connectivity index (χ4n) is 5.48. The van der Waals surface area contributed by atoms with Crippen LogP contribution in [-0.2, 0) is 43.3 Å². The summed E-state index contributed by atoms with van der Waals surface area (Å²) in [5.41, 5.74) is 8.65. The third-order valence-electron chi connectivity index (χ3n) is 8.07. The Kier molecular flexibility index (Phi) is 15.5. The average molecular weight is 718 g/mol. The van der Waals surface area contributed by atoms with Gasteiger partial charge in [-0.2, -0.15) is 0 Å². The molecule has 0 spiro atoms. The van der Waals surface area contributed by atoms with Gasteiger partial charge in [0.1, 0.15) is 36.1 Å². The van der Waals surface area contributed by atoms with Gasteiger partial charge in [-0.1, -0.05) is 60.7 Å². The number of phenolic OH excluding ortho intramolecular Hbond substituents is 1. The molecule has 0 heterocycles. The number of amides is 5. The van der Waals surface area contributed by atoms with Gasteiger partial charge < -0.3 is 41.6 Å². The number of unbranched alkanes of at least 4 members (excludes halogenated alkanes) is 1. The summed E-state index contributed by atoms with van der Waals surface area (Å²) >= 11 is 0. The zero-order valence-electron chi connectivity index (χ0n) is 30.5. The molecule has 3 atom stereocenters. The van der Waals surface area contributed by atoms with E-state index < -0.39 is 53.6 Å². The third kappa shape index (κ3) is 14.3. The van der Waals surface area contributed by atoms with Gasteiger partial charge in [0.25, 0.3) is 0 Å². The third-order valence-corrected chi connectivity index (χ3v) is 8.07. The number of nitrogens with two attached hydrogens (primary N) is 1. The Labute approximate surface area is 305 Å². The van der Waals surface area contributed by atoms with Crippen molar-refractivity contribution in [2.24, 2.45) is 5.73 Å². The maximum Gasteiger partial charge on any atom is 0.408 e. The number of alkyl carbamates (subject to hydrolysis) is 2. The Morgan fingerprint density at radius 1 is 0.731 bits per heavy atom. The number of benzene rings is 3. The van der Waals surface area contributed by atoms with Crippen LogP contribution in [0.4, 0.5) is 9.59 Å². The maximum absolute atomic E-state index is 14.0. The number of primary amides is 1. The Morgan fingerprint density at radius 3 is 1.87 bits per heavy atom. The monoisotopic (exact) mass is 717 g/mol. The first-order chi connectivity index (χ1) is 24.6. The molecule has 1 unspecified atom stereocenters. The van der Waals surface area contributed by atoms with E-state index in [0.717, 1.165) is 11.1 Å². The summed E-state index contributed by atoms with van der Waals surface area (Å²) in [5, 5.41) is 20.9. The van der Waals surface area contributed by atoms with Crippen LogP contribution in [0, 0.1) is 13.8 Å². The van der Waals surface area contributed by atoms with Gasteiger partial charge in [-0.25, -0.2) is 9.59 Å². The molecule has 280 valence electrons. The molecule has 13 nitrogen and oxygen atoms in total. The number of ether oxygens (including phenoxy) is 2. The minimum atomic E-state index is -1.19. The molecule has 0 aliphatic heterocycles. The Bertz CT molecular complexity index is 1640. The highest BCUT2D eigenvalue weighted by molar-refractivity contribution is 5.93. The number of rotatable bonds is 17. The van der Waals surface area contributed by atoms with Crippen molar-refractivity contribution in [1.82, 2.24) is 21.3 Å². The van der Waals surface area contributed by atoms with Crippen LogP contribution in [0.2, 0.25) is 0 Å². The SMILES string of the molecule is Cc1cc(O)cc(C)c1C[C@@H](NC(=O)OCc1ccccc1)C(=O)NC(CCCCNC(=O)OC(C)(C)C)C(=O)N[C@@H](Cc1ccccc1)C(N)=O. The van der Waals surface area contributed by atoms with Crippen molar-refractivity contribution in [2.45, 2.75) is 97.1 Å². The Balaban J connectivity index is 1.81. The van der Waals surface area contributed by atoms with Crippen LogP contribution in [0.25, 0.3) is 0 Å². The Hall–Kier alpha value is -5.59. The molecule has 0 aromatic heterocycles. The first kappa shape index (κ1) is 40.8. The van der Waals surface area contributed by atoms with Crippen LogP contribution in [-0.4, -0.2) is 65.3 Å². The van der Waals surface area contributed by atoms with E-state index in [4.69, 9.17) is 15.2 Å². The number of phenols is 1. The van der Waals surface area contributed by atoms with Crippen molar-refractivity contribution in [3.63, 3.8) is 0 Å². The number of hydrogen-bond donors (Lipinski definition) is 6. The second kappa shape index (κ2) is 19.7. The van der Waals surface area contributed by atoms with E-state index in [9.17, 15) is 29.1 Å². The van der Waals surface area contributed by atoms with Crippen molar-refractivity contribution in [2.75, 3.05) is 6.54 Å². The van der Waals surface area contributed by atoms with Crippen molar-refractivity contribution in [1.29, 1.82) is 0 Å². The first-order valence-corrected chi connectivity index (χ1v) is 17.3. The predicted octanol–water partition coefficient (Wildman–Crippen LogP) is 4.24. The second-order valence-corrected chi connectivity index (χ2v) is 13.7. The van der Waals surface area contributed by atoms with Gasteiger partial charge in [0, 0.05) is 19.4 Å². The summed E-state index contributed by atoms with van der Waals surface area (Å²) in [6.45, 7) is 9.05. The summed E-state index contributed by atoms with van der Waals surface area (Å²) in [6.07, 6.45) is -0.289. The zero-order valence-corrected chi connectivity index (χ0v) is 30.5. The van der Waals surface area contributed by atoms with E-state index >= 15 is 0 Å². The standard InChI is InChI=1S/C39H51N5O8/c1-25-20-29(45)21-26(2)30(25)23-33(44-38(50)51-24-28-16-10-7-11-17-28)36(48)42-31(18-12-13-19-41-37(49)52-39(3,4)5)35(47)43-32(34(40)46)22-27-14-8-6-9-15-27/h6-11,14-17,20-21,31-33,45H,12-13,18-19,22-24H2,1-5H3,(H2,40,46)(H,41,49)(H,42,48)(H,43,47)(H,44,50)/t31?,32-,33+/m0/s1. The quantitative estimate of drug-likeness (QED) is 0.111. The maximum atomic E-state index is 14.0. The molecule has 13 heteroatoms. The summed E-state index contributed by atoms with van der Waals surface area (Å²) in [7, 11) is 0. The molecule has 3 aromatic carbocycles. The number of carbonyl (C=O) groups is 5. The molecule has 52 heavy (non-hydrogen) atoms. The van der Waals surface area contributed by atoms with Crippen LogP contribution < -0.4 is 27.0 Å². The zero-order chi connectivity index (χ0) is 38.3. The summed E-state index contributed by atoms with van der Waals surface area (Å²) < 4.78 is 10.7. The Morgan fingerprint density at radius 2 is 1.29 bits per heavy atom. The molecular formula is C39H51N5O8. The van der Waals surface area contributed by atoms with Crippen LogP contribution >= 0.6 is 0 Å². The molecule has 5 amide bonds. The first-order valence-electron chi connectivity index (χ1n) is 17.3. The molecular weight excluding hydrogens is 666 g/mol. The lowest BCUT2D eigenvalue weighted by Gasteiger charge is -2.25. The fourth-order valence-corrected chi connectivity index (χ4v) is 5.48. The van der Waals surface area contributed by atoms with Gasteiger partial charge in [-0.3, -0.25) is 14.4 Å². The molecule has 7 N–H and O–H groups in total. The second-order valence-electron chi connectivity index (χ2n) is 13.7. The lowest BCUT2D eigenvalue weighted by molar-refractivity contribution is -0.132. The molecule has 0 radical (unpaired) electrons. The summed E-state index contributed by atoms with van der Waals surface area (Å²) in [4.78, 5) is 65.3. The van der Waals surface area contributed by atoms with Crippen LogP contribution in [0.3, 0.4) is 0 Å². The molecule has 0 fully saturated rings. The number of carbonyl (C=O) groups excluding carboxylic acids is 5. The van der Waals surface area contributed by atoms with Gasteiger partial charge in [-0.05, 0) is 93.8 Å². The van der Waals surface area contributed by atoms with Gasteiger partial charge in [0.2, 0.25) is 17.7 Å². The van der Waals surface area contributed by atoms with Crippen LogP contribution in [0.15, 0.2) is 72.8 Å². The normalized spacial score (nSPS) is 12.8. The van der Waals surface area contributed by atoms with E-state index in [1.165, 1.54) is 0 Å². The number of aryl methyl sites for hydroxylation is 2. The average Bonchev–Trinajstić information content (AvgIpc) is 3.07. The van der Waals surface area contributed by atoms with Crippen LogP contribution in [0.5, 0.6) is 5.75 Å². The van der Waals surface area contributed by atoms with E-state index in [1.807, 2.05) is 24.3 Å². The van der Waals surface area contributed by atoms with E-state index in [-0.39, 0.29) is 38.2 Å². The molecule has 0 aliphatic carbocycles. The summed E-state index contributed by atoms with van der Waals surface area (Å²) in [5.74, 6) is -2.00. The smallest absolute Gasteiger partial charge is 0.408 e. The van der Waals surface area contributed by atoms with E-state index in [2.05, 4.69) is 21.3 Å². The molecule has 0 bridgehead atoms. The van der Waals surface area contributed by atoms with Gasteiger partial charge in [-0.15, -0.1) is 0 Å². The number of hydrogen-bond acceptors (Lipinski definition) is 8. The predicted molar refractivity (Wildman–Crippen MR) is 196 cm³/mol. The summed E-state index contributed by atoms with van der Waals surface area (Å²) in [6, 6.07) is 17.8. The highest BCUT2D eigenvalue weighted by atomic mass is 16.6. The molecule has 3 rings (SSSR count). The lowest BCUT2D eigenvalue weighted by atomic mass is 9.95. The highest BCUT2D eigenvalue weighted by Crippen LogP contribution is 2.22. The molecule has 0 saturated heterocycles. The minimum Gasteiger partial charge on any atom is -0.508 e. The fraction of sp³-hybridized carbons (Fsp3) is 0.410. The lowest BCUT2D eigenvalue weighted by Crippen LogP contribution is -2.57. The molecule has 0 saturated carbocycles. The van der Waals surface area contributed by atoms with Gasteiger partial charge >= 0.3 is 12.2 Å². The molecule has 3 aromatic rings. The van der Waals surface area contributed by atoms with E-state index in [0.29, 0.717) is 29.5 Å². The van der Waals surface area contributed by atoms with Gasteiger partial charge in [0.15, 0.2) is 0 Å². The van der Waals surface area contributed by atoms with Crippen molar-refractivity contribution >= 4 is 29.9 Å². The topological polar surface area (TPSA) is 198 Å². The minimum absolute atomic E-state index is 0.0241. The van der Waals surface area contributed by atoms with Crippen molar-refractivity contribution in [3.05, 3.63) is 101 Å². The molecule has 0 aliphatic rings. The van der Waals surface area contributed by atoms with E-state index in [1.54, 1.807) is 83.1 Å². The largest absolute Gasteiger partial charge is 0.508 e. The number of nitrogens with one attached hydrogen (secondary N) is 4. The number of aromatic hydroxyl groups is 1. The van der Waals surface area contributed by atoms with Gasteiger partial charge in [0.05, 0.1) is 0 Å². The highest BCUT2D eigenvalue weighted by Gasteiger charge is 2.30. The van der Waals surface area contributed by atoms with Crippen molar-refractivity contribution in [3.8, 4) is 5.75 Å². The van der Waals surface area contributed by atoms with Crippen LogP contribution in [0.1, 0.15) is 67.9 Å².